The highest BCUT2D eigenvalue weighted by Gasteiger charge is 2.07. The molecule has 0 saturated heterocycles. The number of nitrogens with one attached hydrogen (secondary N) is 1. The van der Waals surface area contributed by atoms with Crippen LogP contribution in [0.4, 0.5) is 0 Å². The first-order chi connectivity index (χ1) is 9.63. The number of aliphatic hydroxyl groups excluding tert-OH is 1. The van der Waals surface area contributed by atoms with E-state index in [9.17, 15) is 5.11 Å². The fourth-order valence-electron chi connectivity index (χ4n) is 2.20. The molecule has 0 aliphatic carbocycles. The van der Waals surface area contributed by atoms with Gasteiger partial charge in [-0.3, -0.25) is 0 Å². The van der Waals surface area contributed by atoms with Gasteiger partial charge in [-0.05, 0) is 42.9 Å². The second-order valence-corrected chi connectivity index (χ2v) is 5.76. The number of aliphatic hydroxyl groups is 1. The Labute approximate surface area is 123 Å². The third kappa shape index (κ3) is 7.04. The molecule has 2 N–H and O–H groups in total. The van der Waals surface area contributed by atoms with Crippen molar-refractivity contribution >= 4 is 0 Å². The van der Waals surface area contributed by atoms with Crippen LogP contribution in [-0.4, -0.2) is 31.9 Å². The summed E-state index contributed by atoms with van der Waals surface area (Å²) in [5.41, 5.74) is 2.32. The second-order valence-electron chi connectivity index (χ2n) is 5.76. The van der Waals surface area contributed by atoms with E-state index in [1.165, 1.54) is 5.56 Å². The van der Waals surface area contributed by atoms with E-state index in [-0.39, 0.29) is 0 Å². The van der Waals surface area contributed by atoms with Gasteiger partial charge in [0, 0.05) is 20.3 Å². The zero-order chi connectivity index (χ0) is 14.8. The molecule has 0 amide bonds. The van der Waals surface area contributed by atoms with Gasteiger partial charge in [0.1, 0.15) is 0 Å². The molecular weight excluding hydrogens is 250 g/mol. The Morgan fingerprint density at radius 1 is 1.15 bits per heavy atom. The monoisotopic (exact) mass is 279 g/mol. The third-order valence-corrected chi connectivity index (χ3v) is 3.30. The Hall–Kier alpha value is -0.900. The number of ether oxygens (including phenoxy) is 1. The molecule has 0 aromatic heterocycles. The lowest BCUT2D eigenvalue weighted by atomic mass is 10.0. The van der Waals surface area contributed by atoms with Crippen LogP contribution in [0, 0.1) is 5.92 Å². The predicted molar refractivity (Wildman–Crippen MR) is 83.9 cm³/mol. The van der Waals surface area contributed by atoms with E-state index < -0.39 is 6.10 Å². The van der Waals surface area contributed by atoms with Crippen molar-refractivity contribution in [3.63, 3.8) is 0 Å². The van der Waals surface area contributed by atoms with E-state index >= 15 is 0 Å². The third-order valence-electron chi connectivity index (χ3n) is 3.30. The molecule has 0 fully saturated rings. The summed E-state index contributed by atoms with van der Waals surface area (Å²) < 4.78 is 5.00. The minimum atomic E-state index is -0.425. The van der Waals surface area contributed by atoms with Crippen LogP contribution in [0.15, 0.2) is 24.3 Å². The minimum absolute atomic E-state index is 0.425. The molecule has 0 heterocycles. The normalized spacial score (nSPS) is 12.8. The summed E-state index contributed by atoms with van der Waals surface area (Å²) in [6, 6.07) is 8.32. The van der Waals surface area contributed by atoms with Crippen LogP contribution in [0.3, 0.4) is 0 Å². The van der Waals surface area contributed by atoms with Crippen LogP contribution in [0.5, 0.6) is 0 Å². The maximum Gasteiger partial charge on any atom is 0.0914 e. The number of unbranched alkanes of at least 4 members (excludes halogenated alkanes) is 1. The van der Waals surface area contributed by atoms with Gasteiger partial charge in [-0.15, -0.1) is 0 Å². The van der Waals surface area contributed by atoms with Crippen LogP contribution >= 0.6 is 0 Å². The molecule has 0 spiro atoms. The minimum Gasteiger partial charge on any atom is -0.387 e. The van der Waals surface area contributed by atoms with Crippen molar-refractivity contribution < 1.29 is 9.84 Å². The smallest absolute Gasteiger partial charge is 0.0914 e. The Kier molecular flexibility index (Phi) is 8.51. The fraction of sp³-hybridized carbons (Fsp3) is 0.647. The number of hydrogen-bond acceptors (Lipinski definition) is 3. The van der Waals surface area contributed by atoms with Crippen LogP contribution < -0.4 is 5.32 Å². The quantitative estimate of drug-likeness (QED) is 0.647. The molecule has 1 unspecified atom stereocenters. The summed E-state index contributed by atoms with van der Waals surface area (Å²) in [5.74, 6) is 0.666. The van der Waals surface area contributed by atoms with Crippen molar-refractivity contribution in [1.82, 2.24) is 5.32 Å². The van der Waals surface area contributed by atoms with Crippen molar-refractivity contribution in [2.24, 2.45) is 5.92 Å². The Morgan fingerprint density at radius 2 is 1.85 bits per heavy atom. The van der Waals surface area contributed by atoms with Gasteiger partial charge in [0.25, 0.3) is 0 Å². The molecule has 1 aromatic carbocycles. The van der Waals surface area contributed by atoms with Crippen LogP contribution in [0.25, 0.3) is 0 Å². The summed E-state index contributed by atoms with van der Waals surface area (Å²) in [4.78, 5) is 0. The summed E-state index contributed by atoms with van der Waals surface area (Å²) in [6.07, 6.45) is 2.80. The zero-order valence-corrected chi connectivity index (χ0v) is 13.1. The maximum atomic E-state index is 10.1. The standard InChI is InChI=1S/C17H29NO2/c1-14(2)12-15-6-8-16(9-7-15)17(19)13-18-10-4-5-11-20-3/h6-9,14,17-19H,4-5,10-13H2,1-3H3. The molecule has 3 nitrogen and oxygen atoms in total. The van der Waals surface area contributed by atoms with E-state index in [2.05, 4.69) is 31.3 Å². The molecule has 1 aromatic rings. The lowest BCUT2D eigenvalue weighted by molar-refractivity contribution is 0.172. The molecule has 114 valence electrons. The SMILES string of the molecule is COCCCCNCC(O)c1ccc(CC(C)C)cc1. The van der Waals surface area contributed by atoms with Gasteiger partial charge in [-0.25, -0.2) is 0 Å². The second kappa shape index (κ2) is 9.92. The molecule has 1 atom stereocenters. The molecule has 0 aliphatic rings. The van der Waals surface area contributed by atoms with Crippen molar-refractivity contribution in [1.29, 1.82) is 0 Å². The molecule has 20 heavy (non-hydrogen) atoms. The first-order valence-corrected chi connectivity index (χ1v) is 7.60. The van der Waals surface area contributed by atoms with Crippen LogP contribution in [0.1, 0.15) is 43.9 Å². The largest absolute Gasteiger partial charge is 0.387 e. The van der Waals surface area contributed by atoms with Gasteiger partial charge >= 0.3 is 0 Å². The van der Waals surface area contributed by atoms with Crippen molar-refractivity contribution in [3.05, 3.63) is 35.4 Å². The van der Waals surface area contributed by atoms with Gasteiger partial charge in [0.05, 0.1) is 6.10 Å². The van der Waals surface area contributed by atoms with Gasteiger partial charge in [0.2, 0.25) is 0 Å². The first-order valence-electron chi connectivity index (χ1n) is 7.60. The lowest BCUT2D eigenvalue weighted by Gasteiger charge is -2.13. The molecule has 0 bridgehead atoms. The van der Waals surface area contributed by atoms with E-state index in [1.54, 1.807) is 7.11 Å². The van der Waals surface area contributed by atoms with Gasteiger partial charge in [-0.2, -0.15) is 0 Å². The van der Waals surface area contributed by atoms with Crippen molar-refractivity contribution in [2.75, 3.05) is 26.8 Å². The van der Waals surface area contributed by atoms with E-state index in [0.29, 0.717) is 12.5 Å². The topological polar surface area (TPSA) is 41.5 Å². The Bertz CT molecular complexity index is 349. The number of methoxy groups -OCH3 is 1. The van der Waals surface area contributed by atoms with E-state index in [1.807, 2.05) is 12.1 Å². The molecule has 0 radical (unpaired) electrons. The summed E-state index contributed by atoms with van der Waals surface area (Å²) in [5, 5.41) is 13.4. The fourth-order valence-corrected chi connectivity index (χ4v) is 2.20. The van der Waals surface area contributed by atoms with Crippen LogP contribution in [-0.2, 0) is 11.2 Å². The summed E-state index contributed by atoms with van der Waals surface area (Å²) in [6.45, 7) is 6.77. The Morgan fingerprint density at radius 3 is 2.45 bits per heavy atom. The van der Waals surface area contributed by atoms with Gasteiger partial charge in [-0.1, -0.05) is 38.1 Å². The number of benzene rings is 1. The highest BCUT2D eigenvalue weighted by atomic mass is 16.5. The van der Waals surface area contributed by atoms with Gasteiger partial charge < -0.3 is 15.2 Å². The first kappa shape index (κ1) is 17.2. The number of hydrogen-bond donors (Lipinski definition) is 2. The van der Waals surface area contributed by atoms with Crippen molar-refractivity contribution in [3.8, 4) is 0 Å². The van der Waals surface area contributed by atoms with Gasteiger partial charge in [0.15, 0.2) is 0 Å². The summed E-state index contributed by atoms with van der Waals surface area (Å²) in [7, 11) is 1.72. The van der Waals surface area contributed by atoms with E-state index in [4.69, 9.17) is 4.74 Å². The zero-order valence-electron chi connectivity index (χ0n) is 13.1. The highest BCUT2D eigenvalue weighted by molar-refractivity contribution is 5.24. The van der Waals surface area contributed by atoms with E-state index in [0.717, 1.165) is 38.0 Å². The molecule has 1 rings (SSSR count). The molecular formula is C17H29NO2. The van der Waals surface area contributed by atoms with Crippen molar-refractivity contribution in [2.45, 2.75) is 39.2 Å². The molecule has 0 aliphatic heterocycles. The molecule has 3 heteroatoms. The Balaban J connectivity index is 2.27. The highest BCUT2D eigenvalue weighted by Crippen LogP contribution is 2.15. The summed E-state index contributed by atoms with van der Waals surface area (Å²) >= 11 is 0. The predicted octanol–water partition coefficient (Wildman–Crippen LogP) is 2.93. The lowest BCUT2D eigenvalue weighted by Crippen LogP contribution is -2.22. The average Bonchev–Trinajstić information content (AvgIpc) is 2.42. The number of rotatable bonds is 10. The average molecular weight is 279 g/mol. The molecule has 0 saturated carbocycles. The van der Waals surface area contributed by atoms with Crippen LogP contribution in [0.2, 0.25) is 0 Å². The maximum absolute atomic E-state index is 10.1.